The van der Waals surface area contributed by atoms with Crippen molar-refractivity contribution in [3.63, 3.8) is 0 Å². The highest BCUT2D eigenvalue weighted by Gasteiger charge is 2.29. The molecule has 0 fully saturated rings. The Morgan fingerprint density at radius 2 is 2.16 bits per heavy atom. The Morgan fingerprint density at radius 1 is 1.53 bits per heavy atom. The molecule has 1 rings (SSSR count). The molecule has 0 amide bonds. The predicted molar refractivity (Wildman–Crippen MR) is 67.6 cm³/mol. The van der Waals surface area contributed by atoms with Crippen LogP contribution in [0, 0.1) is 21.4 Å². The van der Waals surface area contributed by atoms with Crippen molar-refractivity contribution >= 4 is 21.4 Å². The van der Waals surface area contributed by atoms with E-state index in [1.54, 1.807) is 6.07 Å². The molecule has 8 nitrogen and oxygen atoms in total. The Balaban J connectivity index is 3.32. The van der Waals surface area contributed by atoms with E-state index in [4.69, 9.17) is 11.0 Å². The lowest BCUT2D eigenvalue weighted by Crippen LogP contribution is -2.28. The van der Waals surface area contributed by atoms with E-state index in [1.165, 1.54) is 13.1 Å². The molecule has 0 aliphatic carbocycles. The highest BCUT2D eigenvalue weighted by atomic mass is 32.2. The molecular formula is C10H12N4O4S. The first kappa shape index (κ1) is 14.9. The summed E-state index contributed by atoms with van der Waals surface area (Å²) < 4.78 is 25.2. The van der Waals surface area contributed by atoms with Crippen LogP contribution >= 0.6 is 0 Å². The lowest BCUT2D eigenvalue weighted by molar-refractivity contribution is -0.387. The second kappa shape index (κ2) is 5.64. The first-order valence-corrected chi connectivity index (χ1v) is 6.62. The van der Waals surface area contributed by atoms with E-state index in [9.17, 15) is 18.5 Å². The van der Waals surface area contributed by atoms with Crippen LogP contribution in [0.4, 0.5) is 11.4 Å². The zero-order chi connectivity index (χ0) is 14.6. The SMILES string of the molecule is CN(CCC#N)S(=O)(=O)c1cc(N)ccc1[N+](=O)[O-]. The summed E-state index contributed by atoms with van der Waals surface area (Å²) in [5.74, 6) is 0. The van der Waals surface area contributed by atoms with Crippen molar-refractivity contribution in [2.24, 2.45) is 0 Å². The summed E-state index contributed by atoms with van der Waals surface area (Å²) in [6, 6.07) is 5.14. The van der Waals surface area contributed by atoms with Crippen LogP contribution in [0.5, 0.6) is 0 Å². The number of nitro groups is 1. The van der Waals surface area contributed by atoms with Crippen LogP contribution in [0.1, 0.15) is 6.42 Å². The number of nitrogen functional groups attached to an aromatic ring is 1. The molecule has 0 unspecified atom stereocenters. The molecule has 1 aromatic rings. The molecule has 0 spiro atoms. The molecule has 0 bridgehead atoms. The lowest BCUT2D eigenvalue weighted by atomic mass is 10.3. The van der Waals surface area contributed by atoms with Gasteiger partial charge in [-0.3, -0.25) is 10.1 Å². The minimum atomic E-state index is -4.05. The van der Waals surface area contributed by atoms with Crippen molar-refractivity contribution in [1.29, 1.82) is 5.26 Å². The summed E-state index contributed by atoms with van der Waals surface area (Å²) in [5, 5.41) is 19.3. The van der Waals surface area contributed by atoms with E-state index < -0.39 is 25.5 Å². The maximum absolute atomic E-state index is 12.2. The summed E-state index contributed by atoms with van der Waals surface area (Å²) in [4.78, 5) is 9.58. The van der Waals surface area contributed by atoms with E-state index in [-0.39, 0.29) is 18.7 Å². The highest BCUT2D eigenvalue weighted by molar-refractivity contribution is 7.89. The van der Waals surface area contributed by atoms with Gasteiger partial charge in [0.25, 0.3) is 5.69 Å². The second-order valence-corrected chi connectivity index (χ2v) is 5.73. The fourth-order valence-corrected chi connectivity index (χ4v) is 2.74. The van der Waals surface area contributed by atoms with Crippen LogP contribution in [0.25, 0.3) is 0 Å². The van der Waals surface area contributed by atoms with Gasteiger partial charge in [-0.05, 0) is 12.1 Å². The number of hydrogen-bond acceptors (Lipinski definition) is 6. The summed E-state index contributed by atoms with van der Waals surface area (Å²) in [7, 11) is -2.80. The van der Waals surface area contributed by atoms with Crippen LogP contribution in [0.2, 0.25) is 0 Å². The van der Waals surface area contributed by atoms with Crippen molar-refractivity contribution in [1.82, 2.24) is 4.31 Å². The van der Waals surface area contributed by atoms with E-state index in [1.807, 2.05) is 0 Å². The Morgan fingerprint density at radius 3 is 2.68 bits per heavy atom. The molecule has 0 heterocycles. The summed E-state index contributed by atoms with van der Waals surface area (Å²) >= 11 is 0. The minimum Gasteiger partial charge on any atom is -0.399 e. The van der Waals surface area contributed by atoms with Crippen LogP contribution in [0.15, 0.2) is 23.1 Å². The number of sulfonamides is 1. The maximum Gasteiger partial charge on any atom is 0.289 e. The number of rotatable bonds is 5. The van der Waals surface area contributed by atoms with E-state index in [2.05, 4.69) is 0 Å². The van der Waals surface area contributed by atoms with E-state index in [0.717, 1.165) is 16.4 Å². The summed E-state index contributed by atoms with van der Waals surface area (Å²) in [5.41, 5.74) is 5.03. The summed E-state index contributed by atoms with van der Waals surface area (Å²) in [6.45, 7) is -0.0508. The third-order valence-electron chi connectivity index (χ3n) is 2.41. The number of hydrogen-bond donors (Lipinski definition) is 1. The Labute approximate surface area is 110 Å². The van der Waals surface area contributed by atoms with Gasteiger partial charge in [-0.1, -0.05) is 0 Å². The molecule has 9 heteroatoms. The van der Waals surface area contributed by atoms with Crippen LogP contribution in [-0.2, 0) is 10.0 Å². The van der Waals surface area contributed by atoms with Crippen molar-refractivity contribution in [3.8, 4) is 6.07 Å². The Bertz CT molecular complexity index is 635. The highest BCUT2D eigenvalue weighted by Crippen LogP contribution is 2.28. The van der Waals surface area contributed by atoms with Crippen LogP contribution in [0.3, 0.4) is 0 Å². The number of benzene rings is 1. The van der Waals surface area contributed by atoms with Crippen molar-refractivity contribution < 1.29 is 13.3 Å². The van der Waals surface area contributed by atoms with Crippen molar-refractivity contribution in [2.75, 3.05) is 19.3 Å². The number of nitriles is 1. The normalized spacial score (nSPS) is 11.2. The number of nitrogens with zero attached hydrogens (tertiary/aromatic N) is 3. The fourth-order valence-electron chi connectivity index (χ4n) is 1.38. The van der Waals surface area contributed by atoms with Gasteiger partial charge in [0.1, 0.15) is 0 Å². The molecule has 0 radical (unpaired) electrons. The van der Waals surface area contributed by atoms with Gasteiger partial charge in [-0.15, -0.1) is 0 Å². The number of nitro benzene ring substituents is 1. The average Bonchev–Trinajstić information content (AvgIpc) is 2.35. The van der Waals surface area contributed by atoms with Crippen LogP contribution < -0.4 is 5.73 Å². The fraction of sp³-hybridized carbons (Fsp3) is 0.300. The number of nitrogens with two attached hydrogens (primary N) is 1. The molecule has 0 aliphatic heterocycles. The molecule has 1 aromatic carbocycles. The topological polar surface area (TPSA) is 130 Å². The zero-order valence-corrected chi connectivity index (χ0v) is 10.9. The molecule has 0 atom stereocenters. The number of anilines is 1. The van der Waals surface area contributed by atoms with Crippen LogP contribution in [-0.4, -0.2) is 31.2 Å². The second-order valence-electron chi connectivity index (χ2n) is 3.72. The Hall–Kier alpha value is -2.18. The molecular weight excluding hydrogens is 272 g/mol. The third-order valence-corrected chi connectivity index (χ3v) is 4.29. The first-order valence-electron chi connectivity index (χ1n) is 5.18. The van der Waals surface area contributed by atoms with Gasteiger partial charge >= 0.3 is 0 Å². The lowest BCUT2D eigenvalue weighted by Gasteiger charge is -2.15. The minimum absolute atomic E-state index is 0.00809. The molecule has 0 aromatic heterocycles. The third kappa shape index (κ3) is 3.18. The van der Waals surface area contributed by atoms with Gasteiger partial charge in [0.15, 0.2) is 4.90 Å². The maximum atomic E-state index is 12.2. The molecule has 2 N–H and O–H groups in total. The molecule has 0 saturated carbocycles. The average molecular weight is 284 g/mol. The van der Waals surface area contributed by atoms with Crippen molar-refractivity contribution in [3.05, 3.63) is 28.3 Å². The standard InChI is InChI=1S/C10H12N4O4S/c1-13(6-2-5-11)19(17,18)10-7-8(12)3-4-9(10)14(15)16/h3-4,7H,2,6,12H2,1H3. The van der Waals surface area contributed by atoms with Gasteiger partial charge in [0.05, 0.1) is 11.0 Å². The zero-order valence-electron chi connectivity index (χ0n) is 10.1. The smallest absolute Gasteiger partial charge is 0.289 e. The van der Waals surface area contributed by atoms with Gasteiger partial charge < -0.3 is 5.73 Å². The van der Waals surface area contributed by atoms with Gasteiger partial charge in [-0.25, -0.2) is 8.42 Å². The molecule has 0 saturated heterocycles. The monoisotopic (exact) mass is 284 g/mol. The first-order chi connectivity index (χ1) is 8.80. The van der Waals surface area contributed by atoms with Crippen molar-refractivity contribution in [2.45, 2.75) is 11.3 Å². The van der Waals surface area contributed by atoms with Gasteiger partial charge in [-0.2, -0.15) is 9.57 Å². The molecule has 102 valence electrons. The largest absolute Gasteiger partial charge is 0.399 e. The van der Waals surface area contributed by atoms with Gasteiger partial charge in [0, 0.05) is 31.8 Å². The van der Waals surface area contributed by atoms with Gasteiger partial charge in [0.2, 0.25) is 10.0 Å². The van der Waals surface area contributed by atoms with E-state index >= 15 is 0 Å². The molecule has 19 heavy (non-hydrogen) atoms. The summed E-state index contributed by atoms with van der Waals surface area (Å²) in [6.07, 6.45) is -0.00809. The Kier molecular flexibility index (Phi) is 4.42. The molecule has 0 aliphatic rings. The quantitative estimate of drug-likeness (QED) is 0.481. The predicted octanol–water partition coefficient (Wildman–Crippen LogP) is 0.711. The van der Waals surface area contributed by atoms with E-state index in [0.29, 0.717) is 0 Å².